The summed E-state index contributed by atoms with van der Waals surface area (Å²) in [5.74, 6) is -0.376. The van der Waals surface area contributed by atoms with E-state index in [9.17, 15) is 9.59 Å². The third-order valence-electron chi connectivity index (χ3n) is 3.05. The standard InChI is InChI=1S/C15H15NO3/c1-16-12(10-14(17)19-2)8-9-13(16)15(18)11-6-4-3-5-7-11/h3-9H,10H2,1-2H3. The Kier molecular flexibility index (Phi) is 3.80. The second-order valence-electron chi connectivity index (χ2n) is 4.22. The fraction of sp³-hybridized carbons (Fsp3) is 0.200. The number of hydrogen-bond donors (Lipinski definition) is 0. The van der Waals surface area contributed by atoms with E-state index in [-0.39, 0.29) is 18.2 Å². The van der Waals surface area contributed by atoms with Crippen molar-refractivity contribution in [3.8, 4) is 0 Å². The topological polar surface area (TPSA) is 48.3 Å². The lowest BCUT2D eigenvalue weighted by molar-refractivity contribution is -0.139. The van der Waals surface area contributed by atoms with Crippen molar-refractivity contribution in [1.82, 2.24) is 4.57 Å². The van der Waals surface area contributed by atoms with E-state index in [0.717, 1.165) is 5.69 Å². The molecule has 4 nitrogen and oxygen atoms in total. The van der Waals surface area contributed by atoms with E-state index in [1.54, 1.807) is 35.9 Å². The van der Waals surface area contributed by atoms with Gasteiger partial charge in [0.1, 0.15) is 0 Å². The monoisotopic (exact) mass is 257 g/mol. The minimum absolute atomic E-state index is 0.0563. The molecule has 0 unspecified atom stereocenters. The lowest BCUT2D eigenvalue weighted by Gasteiger charge is -2.06. The molecule has 0 radical (unpaired) electrons. The Morgan fingerprint density at radius 1 is 1.11 bits per heavy atom. The van der Waals surface area contributed by atoms with Crippen LogP contribution in [0.4, 0.5) is 0 Å². The van der Waals surface area contributed by atoms with Crippen LogP contribution in [0.1, 0.15) is 21.7 Å². The van der Waals surface area contributed by atoms with Gasteiger partial charge in [0.2, 0.25) is 5.78 Å². The van der Waals surface area contributed by atoms with Gasteiger partial charge in [-0.2, -0.15) is 0 Å². The van der Waals surface area contributed by atoms with E-state index < -0.39 is 0 Å². The van der Waals surface area contributed by atoms with Gasteiger partial charge in [0.15, 0.2) is 0 Å². The Morgan fingerprint density at radius 3 is 2.42 bits per heavy atom. The van der Waals surface area contributed by atoms with Gasteiger partial charge in [-0.1, -0.05) is 30.3 Å². The van der Waals surface area contributed by atoms with Gasteiger partial charge in [0.05, 0.1) is 19.2 Å². The highest BCUT2D eigenvalue weighted by Gasteiger charge is 2.15. The van der Waals surface area contributed by atoms with Crippen LogP contribution in [0, 0.1) is 0 Å². The maximum absolute atomic E-state index is 12.3. The molecule has 0 amide bonds. The lowest BCUT2D eigenvalue weighted by atomic mass is 10.1. The van der Waals surface area contributed by atoms with Crippen molar-refractivity contribution in [2.75, 3.05) is 7.11 Å². The van der Waals surface area contributed by atoms with E-state index in [1.165, 1.54) is 7.11 Å². The molecular formula is C15H15NO3. The molecular weight excluding hydrogens is 242 g/mol. The summed E-state index contributed by atoms with van der Waals surface area (Å²) in [6.07, 6.45) is 0.162. The third kappa shape index (κ3) is 2.73. The number of carbonyl (C=O) groups excluding carboxylic acids is 2. The zero-order chi connectivity index (χ0) is 13.8. The minimum Gasteiger partial charge on any atom is -0.469 e. The molecule has 2 aromatic rings. The predicted octanol–water partition coefficient (Wildman–Crippen LogP) is 1.97. The second kappa shape index (κ2) is 5.52. The largest absolute Gasteiger partial charge is 0.469 e. The van der Waals surface area contributed by atoms with Crippen molar-refractivity contribution < 1.29 is 14.3 Å². The summed E-state index contributed by atoms with van der Waals surface area (Å²) >= 11 is 0. The van der Waals surface area contributed by atoms with Crippen molar-refractivity contribution in [3.63, 3.8) is 0 Å². The molecule has 0 fully saturated rings. The molecule has 2 rings (SSSR count). The minimum atomic E-state index is -0.320. The summed E-state index contributed by atoms with van der Waals surface area (Å²) in [4.78, 5) is 23.6. The number of ketones is 1. The Balaban J connectivity index is 2.27. The highest BCUT2D eigenvalue weighted by atomic mass is 16.5. The number of rotatable bonds is 4. The van der Waals surface area contributed by atoms with Crippen LogP contribution in [-0.4, -0.2) is 23.4 Å². The van der Waals surface area contributed by atoms with E-state index >= 15 is 0 Å². The summed E-state index contributed by atoms with van der Waals surface area (Å²) < 4.78 is 6.35. The number of nitrogens with zero attached hydrogens (tertiary/aromatic N) is 1. The van der Waals surface area contributed by atoms with Crippen molar-refractivity contribution in [3.05, 3.63) is 59.4 Å². The molecule has 1 heterocycles. The molecule has 1 aromatic heterocycles. The molecule has 0 saturated carbocycles. The lowest BCUT2D eigenvalue weighted by Crippen LogP contribution is -2.12. The van der Waals surface area contributed by atoms with Crippen molar-refractivity contribution in [1.29, 1.82) is 0 Å². The summed E-state index contributed by atoms with van der Waals surface area (Å²) in [6, 6.07) is 12.6. The fourth-order valence-corrected chi connectivity index (χ4v) is 1.92. The quantitative estimate of drug-likeness (QED) is 0.621. The zero-order valence-corrected chi connectivity index (χ0v) is 10.9. The number of aromatic nitrogens is 1. The Bertz CT molecular complexity index is 599. The summed E-state index contributed by atoms with van der Waals surface area (Å²) in [7, 11) is 3.12. The average molecular weight is 257 g/mol. The highest BCUT2D eigenvalue weighted by Crippen LogP contribution is 2.13. The highest BCUT2D eigenvalue weighted by molar-refractivity contribution is 6.08. The Labute approximate surface area is 111 Å². The molecule has 4 heteroatoms. The Hall–Kier alpha value is -2.36. The zero-order valence-electron chi connectivity index (χ0n) is 10.9. The first-order valence-electron chi connectivity index (χ1n) is 5.94. The van der Waals surface area contributed by atoms with Crippen LogP contribution in [0.5, 0.6) is 0 Å². The second-order valence-corrected chi connectivity index (χ2v) is 4.22. The van der Waals surface area contributed by atoms with Gasteiger partial charge in [-0.3, -0.25) is 9.59 Å². The van der Waals surface area contributed by atoms with E-state index in [2.05, 4.69) is 4.74 Å². The van der Waals surface area contributed by atoms with E-state index in [1.807, 2.05) is 18.2 Å². The molecule has 1 aromatic carbocycles. The van der Waals surface area contributed by atoms with Gasteiger partial charge in [-0.05, 0) is 12.1 Å². The number of carbonyl (C=O) groups is 2. The maximum atomic E-state index is 12.3. The first-order chi connectivity index (χ1) is 9.13. The SMILES string of the molecule is COC(=O)Cc1ccc(C(=O)c2ccccc2)n1C. The van der Waals surface area contributed by atoms with Crippen LogP contribution in [0.15, 0.2) is 42.5 Å². The number of hydrogen-bond acceptors (Lipinski definition) is 3. The van der Waals surface area contributed by atoms with E-state index in [4.69, 9.17) is 0 Å². The molecule has 19 heavy (non-hydrogen) atoms. The number of methoxy groups -OCH3 is 1. The molecule has 0 aliphatic carbocycles. The van der Waals surface area contributed by atoms with Crippen LogP contribution >= 0.6 is 0 Å². The molecule has 0 bridgehead atoms. The van der Waals surface area contributed by atoms with Gasteiger partial charge in [-0.15, -0.1) is 0 Å². The van der Waals surface area contributed by atoms with Crippen LogP contribution in [0.3, 0.4) is 0 Å². The number of ether oxygens (including phenoxy) is 1. The smallest absolute Gasteiger partial charge is 0.311 e. The maximum Gasteiger partial charge on any atom is 0.311 e. The van der Waals surface area contributed by atoms with Gasteiger partial charge in [-0.25, -0.2) is 0 Å². The normalized spacial score (nSPS) is 10.2. The van der Waals surface area contributed by atoms with Crippen LogP contribution in [-0.2, 0) is 23.0 Å². The summed E-state index contributed by atoms with van der Waals surface area (Å²) in [6.45, 7) is 0. The predicted molar refractivity (Wildman–Crippen MR) is 71.0 cm³/mol. The van der Waals surface area contributed by atoms with Crippen molar-refractivity contribution in [2.24, 2.45) is 7.05 Å². The first kappa shape index (κ1) is 13.1. The molecule has 0 aliphatic rings. The number of esters is 1. The van der Waals surface area contributed by atoms with Crippen molar-refractivity contribution in [2.45, 2.75) is 6.42 Å². The Morgan fingerprint density at radius 2 is 1.79 bits per heavy atom. The van der Waals surface area contributed by atoms with Crippen LogP contribution in [0.2, 0.25) is 0 Å². The third-order valence-corrected chi connectivity index (χ3v) is 3.05. The summed E-state index contributed by atoms with van der Waals surface area (Å²) in [5.41, 5.74) is 1.95. The van der Waals surface area contributed by atoms with Gasteiger partial charge >= 0.3 is 5.97 Å². The van der Waals surface area contributed by atoms with Crippen LogP contribution in [0.25, 0.3) is 0 Å². The van der Waals surface area contributed by atoms with Gasteiger partial charge in [0, 0.05) is 18.3 Å². The molecule has 98 valence electrons. The molecule has 0 spiro atoms. The van der Waals surface area contributed by atoms with Gasteiger partial charge in [0.25, 0.3) is 0 Å². The van der Waals surface area contributed by atoms with E-state index in [0.29, 0.717) is 11.3 Å². The molecule has 0 saturated heterocycles. The molecule has 0 N–H and O–H groups in total. The first-order valence-corrected chi connectivity index (χ1v) is 5.94. The number of benzene rings is 1. The molecule has 0 aliphatic heterocycles. The van der Waals surface area contributed by atoms with Crippen molar-refractivity contribution >= 4 is 11.8 Å². The van der Waals surface area contributed by atoms with Gasteiger partial charge < -0.3 is 9.30 Å². The summed E-state index contributed by atoms with van der Waals surface area (Å²) in [5, 5.41) is 0. The van der Waals surface area contributed by atoms with Crippen LogP contribution < -0.4 is 0 Å². The molecule has 0 atom stereocenters. The fourth-order valence-electron chi connectivity index (χ4n) is 1.92. The average Bonchev–Trinajstić information content (AvgIpc) is 2.80.